The third-order valence-electron chi connectivity index (χ3n) is 10.8. The third-order valence-corrected chi connectivity index (χ3v) is 10.8. The van der Waals surface area contributed by atoms with Gasteiger partial charge >= 0.3 is 5.97 Å². The summed E-state index contributed by atoms with van der Waals surface area (Å²) in [6.07, 6.45) is 2.20. The van der Waals surface area contributed by atoms with Crippen LogP contribution in [0.4, 0.5) is 0 Å². The van der Waals surface area contributed by atoms with Gasteiger partial charge in [-0.25, -0.2) is 4.79 Å². The molecule has 0 aromatic heterocycles. The van der Waals surface area contributed by atoms with Gasteiger partial charge in [-0.15, -0.1) is 0 Å². The van der Waals surface area contributed by atoms with Crippen LogP contribution in [0.15, 0.2) is 11.6 Å². The van der Waals surface area contributed by atoms with Crippen molar-refractivity contribution in [1.29, 1.82) is 0 Å². The van der Waals surface area contributed by atoms with Crippen molar-refractivity contribution in [2.24, 2.45) is 34.5 Å². The average Bonchev–Trinajstić information content (AvgIpc) is 3.05. The van der Waals surface area contributed by atoms with Crippen LogP contribution in [0.5, 0.6) is 0 Å². The summed E-state index contributed by atoms with van der Waals surface area (Å²) in [5.74, 6) is -2.12. The Labute approximate surface area is 207 Å². The van der Waals surface area contributed by atoms with Gasteiger partial charge in [-0.2, -0.15) is 0 Å². The molecule has 4 aliphatic carbocycles. The summed E-state index contributed by atoms with van der Waals surface area (Å²) in [6.45, 7) is 7.20. The Morgan fingerprint density at radius 3 is 2.46 bits per heavy atom. The number of carbonyl (C=O) groups is 2. The Morgan fingerprint density at radius 2 is 1.83 bits per heavy atom. The maximum atomic E-state index is 13.2. The molecule has 11 atom stereocenters. The number of hydrogen-bond donors (Lipinski definition) is 6. The highest BCUT2D eigenvalue weighted by atomic mass is 16.4. The van der Waals surface area contributed by atoms with Crippen molar-refractivity contribution < 1.29 is 40.2 Å². The molecule has 0 radical (unpaired) electrons. The van der Waals surface area contributed by atoms with Crippen molar-refractivity contribution in [3.63, 3.8) is 0 Å². The lowest BCUT2D eigenvalue weighted by molar-refractivity contribution is -0.159. The number of fused-ring (bicyclic) bond motifs is 5. The molecule has 0 bridgehead atoms. The molecule has 0 spiro atoms. The zero-order chi connectivity index (χ0) is 26.1. The summed E-state index contributed by atoms with van der Waals surface area (Å²) >= 11 is 0. The molecule has 8 nitrogen and oxygen atoms in total. The molecule has 0 unspecified atom stereocenters. The molecule has 0 amide bonds. The van der Waals surface area contributed by atoms with Crippen LogP contribution in [-0.4, -0.2) is 71.9 Å². The van der Waals surface area contributed by atoms with Gasteiger partial charge < -0.3 is 30.6 Å². The van der Waals surface area contributed by atoms with E-state index in [1.165, 1.54) is 6.92 Å². The molecule has 198 valence electrons. The quantitative estimate of drug-likeness (QED) is 0.327. The van der Waals surface area contributed by atoms with Crippen molar-refractivity contribution in [2.75, 3.05) is 0 Å². The minimum absolute atomic E-state index is 0.0430. The van der Waals surface area contributed by atoms with Gasteiger partial charge in [-0.3, -0.25) is 4.79 Å². The van der Waals surface area contributed by atoms with Crippen LogP contribution in [0.3, 0.4) is 0 Å². The summed E-state index contributed by atoms with van der Waals surface area (Å²) in [5, 5.41) is 63.0. The largest absolute Gasteiger partial charge is 0.479 e. The maximum absolute atomic E-state index is 13.2. The molecule has 4 aliphatic rings. The number of hydrogen-bond acceptors (Lipinski definition) is 7. The van der Waals surface area contributed by atoms with Gasteiger partial charge in [0.2, 0.25) is 0 Å². The Morgan fingerprint density at radius 1 is 1.17 bits per heavy atom. The van der Waals surface area contributed by atoms with E-state index in [0.29, 0.717) is 25.7 Å². The zero-order valence-electron chi connectivity index (χ0n) is 21.3. The Bertz CT molecular complexity index is 913. The van der Waals surface area contributed by atoms with Gasteiger partial charge in [0.25, 0.3) is 0 Å². The first-order chi connectivity index (χ1) is 16.1. The van der Waals surface area contributed by atoms with Crippen molar-refractivity contribution in [1.82, 2.24) is 0 Å². The molecule has 0 aliphatic heterocycles. The first-order valence-corrected chi connectivity index (χ1v) is 13.1. The molecular weight excluding hydrogens is 452 g/mol. The van der Waals surface area contributed by atoms with E-state index in [4.69, 9.17) is 0 Å². The fourth-order valence-electron chi connectivity index (χ4n) is 8.32. The lowest BCUT2D eigenvalue weighted by Crippen LogP contribution is -2.61. The van der Waals surface area contributed by atoms with E-state index >= 15 is 0 Å². The molecule has 4 rings (SSSR count). The highest BCUT2D eigenvalue weighted by Crippen LogP contribution is 2.68. The number of aliphatic carboxylic acids is 1. The van der Waals surface area contributed by atoms with Crippen molar-refractivity contribution in [2.45, 2.75) is 109 Å². The van der Waals surface area contributed by atoms with Gasteiger partial charge in [0.05, 0.1) is 23.9 Å². The van der Waals surface area contributed by atoms with Gasteiger partial charge in [0.1, 0.15) is 0 Å². The lowest BCUT2D eigenvalue weighted by atomic mass is 9.46. The highest BCUT2D eigenvalue weighted by molar-refractivity contribution is 5.95. The second-order valence-electron chi connectivity index (χ2n) is 12.7. The van der Waals surface area contributed by atoms with Crippen LogP contribution < -0.4 is 0 Å². The van der Waals surface area contributed by atoms with E-state index in [0.717, 1.165) is 12.0 Å². The minimum Gasteiger partial charge on any atom is -0.479 e. The van der Waals surface area contributed by atoms with Crippen LogP contribution in [0.1, 0.15) is 79.1 Å². The monoisotopic (exact) mass is 494 g/mol. The fourth-order valence-corrected chi connectivity index (χ4v) is 8.32. The topological polar surface area (TPSA) is 156 Å². The van der Waals surface area contributed by atoms with E-state index in [1.807, 2.05) is 20.8 Å². The first kappa shape index (κ1) is 26.7. The molecule has 6 N–H and O–H groups in total. The number of ketones is 1. The molecule has 0 heterocycles. The second-order valence-corrected chi connectivity index (χ2v) is 12.7. The number of aliphatic hydroxyl groups excluding tert-OH is 3. The van der Waals surface area contributed by atoms with Crippen molar-refractivity contribution in [3.05, 3.63) is 11.6 Å². The molecule has 0 aromatic carbocycles. The molecule has 3 saturated carbocycles. The van der Waals surface area contributed by atoms with E-state index in [9.17, 15) is 40.2 Å². The summed E-state index contributed by atoms with van der Waals surface area (Å²) in [6, 6.07) is 0. The average molecular weight is 495 g/mol. The number of carbonyl (C=O) groups excluding carboxylic acids is 1. The van der Waals surface area contributed by atoms with Crippen LogP contribution in [-0.2, 0) is 9.59 Å². The number of carboxylic acid groups (broad SMARTS) is 1. The summed E-state index contributed by atoms with van der Waals surface area (Å²) in [5.41, 5.74) is -3.46. The predicted molar refractivity (Wildman–Crippen MR) is 127 cm³/mol. The lowest BCUT2D eigenvalue weighted by Gasteiger charge is -2.60. The van der Waals surface area contributed by atoms with Crippen molar-refractivity contribution in [3.8, 4) is 0 Å². The zero-order valence-corrected chi connectivity index (χ0v) is 21.3. The Balaban J connectivity index is 1.59. The molecule has 0 saturated heterocycles. The van der Waals surface area contributed by atoms with Gasteiger partial charge in [-0.05, 0) is 93.1 Å². The SMILES string of the molecule is C[C@@H]([C@H](O)CC[C@](C)(O)C(=O)O)[C@H]1CC[C@@]2(O)C3=CC(=O)[C@@H]4C[C@@H](O)[C@@H](O)C[C@]4(C)[C@H]3CC[C@]12C. The minimum atomic E-state index is -1.91. The Hall–Kier alpha value is -1.32. The summed E-state index contributed by atoms with van der Waals surface area (Å²) in [7, 11) is 0. The Kier molecular flexibility index (Phi) is 6.59. The second kappa shape index (κ2) is 8.62. The third kappa shape index (κ3) is 3.91. The maximum Gasteiger partial charge on any atom is 0.335 e. The molecule has 8 heteroatoms. The molecule has 35 heavy (non-hydrogen) atoms. The van der Waals surface area contributed by atoms with Gasteiger partial charge in [0, 0.05) is 11.3 Å². The van der Waals surface area contributed by atoms with Crippen molar-refractivity contribution >= 4 is 11.8 Å². The predicted octanol–water partition coefficient (Wildman–Crippen LogP) is 1.80. The standard InChI is InChI=1S/C27H42O8/c1-14(19(28)7-9-26(4,34)23(32)33)15-6-10-27(35)17-11-20(29)18-12-21(30)22(31)13-24(18,2)16(17)5-8-25(15,27)3/h11,14-16,18-19,21-22,28,30-31,34-35H,5-10,12-13H2,1-4H3,(H,32,33)/t14-,15-,16+,18+,19-,21-,22+,24-,25-,26+,27-/m1/s1. The van der Waals surface area contributed by atoms with Crippen LogP contribution in [0, 0.1) is 34.5 Å². The van der Waals surface area contributed by atoms with Gasteiger partial charge in [0.15, 0.2) is 11.4 Å². The molecule has 3 fully saturated rings. The van der Waals surface area contributed by atoms with Crippen LogP contribution >= 0.6 is 0 Å². The van der Waals surface area contributed by atoms with E-state index in [2.05, 4.69) is 0 Å². The van der Waals surface area contributed by atoms with Crippen LogP contribution in [0.2, 0.25) is 0 Å². The van der Waals surface area contributed by atoms with Crippen LogP contribution in [0.25, 0.3) is 0 Å². The smallest absolute Gasteiger partial charge is 0.335 e. The molecular formula is C27H42O8. The van der Waals surface area contributed by atoms with E-state index in [1.54, 1.807) is 6.08 Å². The fraction of sp³-hybridized carbons (Fsp3) is 0.852. The normalized spacial score (nSPS) is 46.5. The van der Waals surface area contributed by atoms with E-state index in [-0.39, 0.29) is 48.7 Å². The summed E-state index contributed by atoms with van der Waals surface area (Å²) in [4.78, 5) is 24.5. The highest BCUT2D eigenvalue weighted by Gasteiger charge is 2.67. The van der Waals surface area contributed by atoms with Gasteiger partial charge in [-0.1, -0.05) is 20.8 Å². The summed E-state index contributed by atoms with van der Waals surface area (Å²) < 4.78 is 0. The molecule has 0 aromatic rings. The first-order valence-electron chi connectivity index (χ1n) is 13.1. The van der Waals surface area contributed by atoms with E-state index < -0.39 is 46.3 Å². The number of rotatable bonds is 6. The number of allylic oxidation sites excluding steroid dienone is 1. The number of aliphatic hydroxyl groups is 5. The number of carboxylic acids is 1.